The van der Waals surface area contributed by atoms with Crippen LogP contribution in [0.5, 0.6) is 0 Å². The second-order valence-electron chi connectivity index (χ2n) is 13.0. The van der Waals surface area contributed by atoms with Crippen LogP contribution in [0.1, 0.15) is 49.9 Å². The molecule has 0 fully saturated rings. The average molecular weight is 554 g/mol. The van der Waals surface area contributed by atoms with Gasteiger partial charge in [-0.3, -0.25) is 0 Å². The van der Waals surface area contributed by atoms with Crippen molar-refractivity contribution in [2.75, 3.05) is 4.90 Å². The summed E-state index contributed by atoms with van der Waals surface area (Å²) in [7, 11) is 0. The van der Waals surface area contributed by atoms with Gasteiger partial charge in [-0.15, -0.1) is 0 Å². The summed E-state index contributed by atoms with van der Waals surface area (Å²) in [6, 6.07) is 51.4. The molecule has 0 amide bonds. The number of hydrogen-bond donors (Lipinski definition) is 0. The lowest BCUT2D eigenvalue weighted by molar-refractivity contribution is 0.597. The maximum Gasteiger partial charge on any atom is 0.0543 e. The zero-order valence-electron chi connectivity index (χ0n) is 25.2. The molecule has 8 rings (SSSR count). The van der Waals surface area contributed by atoms with Crippen LogP contribution in [0.3, 0.4) is 0 Å². The van der Waals surface area contributed by atoms with Crippen molar-refractivity contribution in [3.05, 3.63) is 162 Å². The first-order valence-electron chi connectivity index (χ1n) is 15.3. The highest BCUT2D eigenvalue weighted by molar-refractivity contribution is 5.94. The van der Waals surface area contributed by atoms with Crippen LogP contribution in [-0.2, 0) is 10.8 Å². The van der Waals surface area contributed by atoms with Crippen LogP contribution >= 0.6 is 0 Å². The average Bonchev–Trinajstić information content (AvgIpc) is 3.05. The molecule has 0 spiro atoms. The van der Waals surface area contributed by atoms with Crippen LogP contribution in [0.15, 0.2) is 140 Å². The van der Waals surface area contributed by atoms with Crippen molar-refractivity contribution in [2.45, 2.75) is 38.5 Å². The van der Waals surface area contributed by atoms with Crippen LogP contribution in [0.4, 0.5) is 17.1 Å². The molecular weight excluding hydrogens is 518 g/mol. The molecule has 0 saturated heterocycles. The molecule has 0 N–H and O–H groups in total. The van der Waals surface area contributed by atoms with Gasteiger partial charge >= 0.3 is 0 Å². The first kappa shape index (κ1) is 25.8. The molecule has 2 aliphatic heterocycles. The summed E-state index contributed by atoms with van der Waals surface area (Å²) in [5.41, 5.74) is 16.7. The Morgan fingerprint density at radius 1 is 0.372 bits per heavy atom. The van der Waals surface area contributed by atoms with E-state index in [0.717, 1.165) is 0 Å². The number of para-hydroxylation sites is 2. The monoisotopic (exact) mass is 553 g/mol. The van der Waals surface area contributed by atoms with Crippen LogP contribution in [-0.4, -0.2) is 0 Å². The number of hydrogen-bond acceptors (Lipinski definition) is 1. The first-order valence-corrected chi connectivity index (χ1v) is 15.3. The summed E-state index contributed by atoms with van der Waals surface area (Å²) in [5, 5.41) is 0. The standard InChI is InChI=1S/C42H35N/c1-41(2)34-17-10-11-20-38(34)43-39-26-25-31(27-37(39)42(3,4)36-19-12-18-35(41)40(36)43)33-16-9-8-15-32(33)30-23-21-29(22-24-30)28-13-6-5-7-14-28/h5-27H,1-4H3. The fraction of sp³-hybridized carbons (Fsp3) is 0.143. The van der Waals surface area contributed by atoms with E-state index in [1.807, 2.05) is 0 Å². The van der Waals surface area contributed by atoms with Gasteiger partial charge in [-0.1, -0.05) is 149 Å². The molecule has 0 bridgehead atoms. The van der Waals surface area contributed by atoms with Crippen molar-refractivity contribution >= 4 is 17.1 Å². The van der Waals surface area contributed by atoms with Gasteiger partial charge in [-0.05, 0) is 73.8 Å². The van der Waals surface area contributed by atoms with E-state index in [1.165, 1.54) is 72.7 Å². The molecule has 0 aliphatic carbocycles. The highest BCUT2D eigenvalue weighted by atomic mass is 15.2. The number of anilines is 3. The van der Waals surface area contributed by atoms with Gasteiger partial charge in [0, 0.05) is 10.8 Å². The summed E-state index contributed by atoms with van der Waals surface area (Å²) in [5.74, 6) is 0. The minimum absolute atomic E-state index is 0.0685. The van der Waals surface area contributed by atoms with Gasteiger partial charge in [-0.2, -0.15) is 0 Å². The number of fused-ring (bicyclic) bond motifs is 4. The van der Waals surface area contributed by atoms with Gasteiger partial charge in [0.1, 0.15) is 0 Å². The Morgan fingerprint density at radius 3 is 1.58 bits per heavy atom. The van der Waals surface area contributed by atoms with Crippen LogP contribution in [0.25, 0.3) is 33.4 Å². The minimum atomic E-state index is -0.151. The highest BCUT2D eigenvalue weighted by Crippen LogP contribution is 2.60. The third kappa shape index (κ3) is 3.78. The molecule has 43 heavy (non-hydrogen) atoms. The Morgan fingerprint density at radius 2 is 0.860 bits per heavy atom. The molecule has 6 aromatic rings. The van der Waals surface area contributed by atoms with E-state index in [1.54, 1.807) is 0 Å². The Labute approximate surface area is 255 Å². The number of benzene rings is 6. The largest absolute Gasteiger partial charge is 0.309 e. The van der Waals surface area contributed by atoms with Gasteiger partial charge in [-0.25, -0.2) is 0 Å². The van der Waals surface area contributed by atoms with Crippen LogP contribution < -0.4 is 4.90 Å². The van der Waals surface area contributed by atoms with Gasteiger partial charge in [0.05, 0.1) is 17.1 Å². The maximum atomic E-state index is 2.53. The van der Waals surface area contributed by atoms with Crippen molar-refractivity contribution in [2.24, 2.45) is 0 Å². The van der Waals surface area contributed by atoms with Gasteiger partial charge in [0.15, 0.2) is 0 Å². The van der Waals surface area contributed by atoms with E-state index >= 15 is 0 Å². The number of nitrogens with zero attached hydrogens (tertiary/aromatic N) is 1. The van der Waals surface area contributed by atoms with Crippen molar-refractivity contribution in [3.8, 4) is 33.4 Å². The molecule has 0 atom stereocenters. The van der Waals surface area contributed by atoms with Crippen LogP contribution in [0, 0.1) is 0 Å². The van der Waals surface area contributed by atoms with Crippen molar-refractivity contribution < 1.29 is 0 Å². The third-order valence-corrected chi connectivity index (χ3v) is 9.88. The Balaban J connectivity index is 1.28. The summed E-state index contributed by atoms with van der Waals surface area (Å²) in [6.45, 7) is 9.52. The summed E-state index contributed by atoms with van der Waals surface area (Å²) >= 11 is 0. The predicted octanol–water partition coefficient (Wildman–Crippen LogP) is 11.4. The second-order valence-corrected chi connectivity index (χ2v) is 13.0. The maximum absolute atomic E-state index is 2.53. The van der Waals surface area contributed by atoms with Crippen molar-refractivity contribution in [3.63, 3.8) is 0 Å². The lowest BCUT2D eigenvalue weighted by Crippen LogP contribution is -2.38. The minimum Gasteiger partial charge on any atom is -0.309 e. The molecule has 0 aromatic heterocycles. The zero-order valence-corrected chi connectivity index (χ0v) is 25.2. The zero-order chi connectivity index (χ0) is 29.3. The van der Waals surface area contributed by atoms with E-state index in [-0.39, 0.29) is 10.8 Å². The quantitative estimate of drug-likeness (QED) is 0.211. The van der Waals surface area contributed by atoms with E-state index in [9.17, 15) is 0 Å². The van der Waals surface area contributed by atoms with Crippen molar-refractivity contribution in [1.29, 1.82) is 0 Å². The Kier molecular flexibility index (Phi) is 5.59. The highest BCUT2D eigenvalue weighted by Gasteiger charge is 2.45. The Hall–Kier alpha value is -4.88. The summed E-state index contributed by atoms with van der Waals surface area (Å²) in [6.07, 6.45) is 0. The molecule has 0 radical (unpaired) electrons. The normalized spacial score (nSPS) is 15.3. The molecule has 0 unspecified atom stereocenters. The van der Waals surface area contributed by atoms with Gasteiger partial charge in [0.2, 0.25) is 0 Å². The summed E-state index contributed by atoms with van der Waals surface area (Å²) < 4.78 is 0. The molecule has 1 nitrogen and oxygen atoms in total. The summed E-state index contributed by atoms with van der Waals surface area (Å²) in [4.78, 5) is 2.53. The molecule has 2 aliphatic rings. The first-order chi connectivity index (χ1) is 20.9. The fourth-order valence-corrected chi connectivity index (χ4v) is 7.51. The molecule has 0 saturated carbocycles. The fourth-order valence-electron chi connectivity index (χ4n) is 7.51. The van der Waals surface area contributed by atoms with E-state index < -0.39 is 0 Å². The number of rotatable bonds is 3. The lowest BCUT2D eigenvalue weighted by Gasteiger charge is -2.49. The molecule has 208 valence electrons. The third-order valence-electron chi connectivity index (χ3n) is 9.88. The van der Waals surface area contributed by atoms with E-state index in [0.29, 0.717) is 0 Å². The molecule has 1 heteroatoms. The van der Waals surface area contributed by atoms with E-state index in [4.69, 9.17) is 0 Å². The smallest absolute Gasteiger partial charge is 0.0543 e. The van der Waals surface area contributed by atoms with E-state index in [2.05, 4.69) is 172 Å². The Bertz CT molecular complexity index is 2010. The van der Waals surface area contributed by atoms with Crippen LogP contribution in [0.2, 0.25) is 0 Å². The second kappa shape index (κ2) is 9.31. The van der Waals surface area contributed by atoms with Gasteiger partial charge < -0.3 is 4.90 Å². The predicted molar refractivity (Wildman–Crippen MR) is 182 cm³/mol. The lowest BCUT2D eigenvalue weighted by atomic mass is 9.66. The molecule has 2 heterocycles. The molecule has 6 aromatic carbocycles. The van der Waals surface area contributed by atoms with Crippen molar-refractivity contribution in [1.82, 2.24) is 0 Å². The molecular formula is C42H35N. The van der Waals surface area contributed by atoms with Gasteiger partial charge in [0.25, 0.3) is 0 Å². The topological polar surface area (TPSA) is 3.24 Å². The SMILES string of the molecule is CC1(C)c2ccccc2N2c3ccc(-c4ccccc4-c4ccc(-c5ccccc5)cc4)cc3C(C)(C)c3cccc1c32.